The molecule has 0 bridgehead atoms. The molecule has 0 unspecified atom stereocenters. The van der Waals surface area contributed by atoms with Gasteiger partial charge < -0.3 is 10.6 Å². The highest BCUT2D eigenvalue weighted by atomic mass is 35.5. The Kier molecular flexibility index (Phi) is 12.1. The Morgan fingerprint density at radius 2 is 1.24 bits per heavy atom. The maximum atomic E-state index is 13.6. The second-order valence-electron chi connectivity index (χ2n) is 11.2. The van der Waals surface area contributed by atoms with E-state index < -0.39 is 48.4 Å². The fraction of sp³-hybridized carbons (Fsp3) is 0.0606. The summed E-state index contributed by atoms with van der Waals surface area (Å²) in [4.78, 5) is 31.5. The Labute approximate surface area is 316 Å². The van der Waals surface area contributed by atoms with Gasteiger partial charge in [-0.2, -0.15) is 15.5 Å². The van der Waals surface area contributed by atoms with Crippen LogP contribution in [0.3, 0.4) is 0 Å². The number of pyridine rings is 2. The number of hydrogen-bond acceptors (Lipinski definition) is 11. The van der Waals surface area contributed by atoms with Crippen LogP contribution in [0.15, 0.2) is 108 Å². The van der Waals surface area contributed by atoms with Gasteiger partial charge in [0.25, 0.3) is 0 Å². The number of hydrogen-bond donors (Lipinski definition) is 4. The zero-order valence-corrected chi connectivity index (χ0v) is 30.2. The lowest BCUT2D eigenvalue weighted by molar-refractivity contribution is -0.116. The number of nitrogens with two attached hydrogens (primary N) is 2. The molecule has 0 aliphatic rings. The van der Waals surface area contributed by atoms with Crippen molar-refractivity contribution in [3.8, 4) is 17.7 Å². The van der Waals surface area contributed by atoms with Crippen LogP contribution < -0.4 is 20.9 Å². The maximum Gasteiger partial charge on any atom is 0.241 e. The van der Waals surface area contributed by atoms with Crippen LogP contribution in [-0.4, -0.2) is 58.2 Å². The summed E-state index contributed by atoms with van der Waals surface area (Å²) in [5, 5.41) is 32.3. The molecule has 55 heavy (non-hydrogen) atoms. The second kappa shape index (κ2) is 16.7. The van der Waals surface area contributed by atoms with Gasteiger partial charge in [-0.1, -0.05) is 48.0 Å². The Bertz CT molecular complexity index is 2680. The molecule has 6 rings (SSSR count). The lowest BCUT2D eigenvalue weighted by atomic mass is 10.1. The number of sulfonamides is 2. The molecule has 6 aromatic rings. The summed E-state index contributed by atoms with van der Waals surface area (Å²) in [5.41, 5.74) is 1.19. The number of carbonyl (C=O) groups excluding carboxylic acids is 2. The molecule has 22 heteroatoms. The predicted molar refractivity (Wildman–Crippen MR) is 193 cm³/mol. The van der Waals surface area contributed by atoms with E-state index in [1.165, 1.54) is 42.9 Å². The van der Waals surface area contributed by atoms with Crippen molar-refractivity contribution >= 4 is 54.8 Å². The van der Waals surface area contributed by atoms with E-state index in [9.17, 15) is 35.2 Å². The number of anilines is 2. The van der Waals surface area contributed by atoms with E-state index in [1.54, 1.807) is 30.3 Å². The van der Waals surface area contributed by atoms with E-state index in [0.29, 0.717) is 10.6 Å². The zero-order valence-electron chi connectivity index (χ0n) is 27.8. The third kappa shape index (κ3) is 10.4. The molecule has 0 fully saturated rings. The topological polar surface area (TPSA) is 264 Å². The molecule has 282 valence electrons. The van der Waals surface area contributed by atoms with Crippen molar-refractivity contribution in [3.63, 3.8) is 0 Å². The first kappa shape index (κ1) is 39.8. The average Bonchev–Trinajstić information content (AvgIpc) is 3.79. The highest BCUT2D eigenvalue weighted by molar-refractivity contribution is 7.89. The first-order chi connectivity index (χ1) is 26.0. The van der Waals surface area contributed by atoms with E-state index >= 15 is 0 Å². The van der Waals surface area contributed by atoms with Gasteiger partial charge in [-0.3, -0.25) is 9.59 Å². The molecular weight excluding hydrogens is 784 g/mol. The Hall–Kier alpha value is -6.44. The van der Waals surface area contributed by atoms with Crippen LogP contribution in [0.25, 0.3) is 11.6 Å². The van der Waals surface area contributed by atoms with Crippen LogP contribution in [0.2, 0.25) is 5.02 Å². The normalized spacial score (nSPS) is 11.2. The molecular formula is C33H26ClF2N11O6S2. The van der Waals surface area contributed by atoms with Crippen LogP contribution in [-0.2, 0) is 42.5 Å². The fourth-order valence-corrected chi connectivity index (χ4v) is 6.31. The smallest absolute Gasteiger partial charge is 0.241 e. The molecule has 4 aromatic heterocycles. The number of nitrogens with zero attached hydrogens (tertiary/aromatic N) is 7. The van der Waals surface area contributed by atoms with E-state index in [0.717, 1.165) is 34.0 Å². The van der Waals surface area contributed by atoms with Gasteiger partial charge >= 0.3 is 0 Å². The minimum Gasteiger partial charge on any atom is -0.324 e. The second-order valence-corrected chi connectivity index (χ2v) is 14.7. The maximum absolute atomic E-state index is 13.6. The molecule has 4 heterocycles. The summed E-state index contributed by atoms with van der Waals surface area (Å²) < 4.78 is 76.5. The van der Waals surface area contributed by atoms with Crippen molar-refractivity contribution in [3.05, 3.63) is 131 Å². The zero-order chi connectivity index (χ0) is 39.9. The molecule has 0 radical (unpaired) electrons. The van der Waals surface area contributed by atoms with Crippen LogP contribution in [0.1, 0.15) is 16.7 Å². The molecule has 2 aromatic carbocycles. The number of rotatable bonds is 10. The number of amides is 2. The molecule has 0 aliphatic heterocycles. The summed E-state index contributed by atoms with van der Waals surface area (Å²) in [7, 11) is -8.43. The third-order valence-electron chi connectivity index (χ3n) is 7.16. The van der Waals surface area contributed by atoms with Gasteiger partial charge in [0.05, 0.1) is 67.0 Å². The number of benzene rings is 2. The minimum absolute atomic E-state index is 0.00316. The summed E-state index contributed by atoms with van der Waals surface area (Å²) in [6, 6.07) is 16.8. The van der Waals surface area contributed by atoms with Crippen molar-refractivity contribution in [2.75, 3.05) is 10.6 Å². The molecule has 0 spiro atoms. The van der Waals surface area contributed by atoms with Gasteiger partial charge in [0, 0.05) is 5.02 Å². The molecule has 2 amide bonds. The number of nitrogens with one attached hydrogen (secondary N) is 2. The monoisotopic (exact) mass is 809 g/mol. The SMILES string of the molecule is N#Cc1cnn(-c2ncc(NC(=O)Cc3ccccc3Cl)cc2S(N)(=O)=O)c1.NS(=O)(=O)c1cc(NC(=O)Cc2ccccc2F)cnc1-n1cc(F)cn1. The van der Waals surface area contributed by atoms with Gasteiger partial charge in [-0.15, -0.1) is 0 Å². The highest BCUT2D eigenvalue weighted by Crippen LogP contribution is 2.23. The van der Waals surface area contributed by atoms with Gasteiger partial charge in [0.1, 0.15) is 21.7 Å². The number of primary sulfonamides is 2. The van der Waals surface area contributed by atoms with E-state index in [2.05, 4.69) is 30.8 Å². The van der Waals surface area contributed by atoms with Gasteiger partial charge in [-0.25, -0.2) is 55.2 Å². The Morgan fingerprint density at radius 1 is 0.745 bits per heavy atom. The van der Waals surface area contributed by atoms with Gasteiger partial charge in [0.2, 0.25) is 31.9 Å². The number of halogens is 3. The Balaban J connectivity index is 0.000000211. The van der Waals surface area contributed by atoms with Crippen molar-refractivity contribution in [1.29, 1.82) is 5.26 Å². The number of aromatic nitrogens is 6. The number of nitriles is 1. The lowest BCUT2D eigenvalue weighted by Crippen LogP contribution is -2.19. The van der Waals surface area contributed by atoms with E-state index in [1.807, 2.05) is 6.07 Å². The molecule has 17 nitrogen and oxygen atoms in total. The third-order valence-corrected chi connectivity index (χ3v) is 9.36. The molecule has 0 atom stereocenters. The summed E-state index contributed by atoms with van der Waals surface area (Å²) in [5.74, 6) is -2.54. The van der Waals surface area contributed by atoms with Crippen molar-refractivity contribution in [2.24, 2.45) is 10.3 Å². The largest absolute Gasteiger partial charge is 0.324 e. The summed E-state index contributed by atoms with van der Waals surface area (Å²) >= 11 is 6.04. The molecule has 0 saturated carbocycles. The van der Waals surface area contributed by atoms with Gasteiger partial charge in [0.15, 0.2) is 17.5 Å². The Morgan fingerprint density at radius 3 is 1.71 bits per heavy atom. The lowest BCUT2D eigenvalue weighted by Gasteiger charge is -2.11. The molecule has 0 saturated heterocycles. The van der Waals surface area contributed by atoms with E-state index in [-0.39, 0.29) is 51.9 Å². The van der Waals surface area contributed by atoms with Crippen molar-refractivity contribution in [2.45, 2.75) is 22.6 Å². The van der Waals surface area contributed by atoms with Gasteiger partial charge in [-0.05, 0) is 35.4 Å². The first-order valence-corrected chi connectivity index (χ1v) is 18.8. The summed E-state index contributed by atoms with van der Waals surface area (Å²) in [6.45, 7) is 0. The van der Waals surface area contributed by atoms with E-state index in [4.69, 9.17) is 27.1 Å². The van der Waals surface area contributed by atoms with Crippen LogP contribution >= 0.6 is 11.6 Å². The number of carbonyl (C=O) groups is 2. The minimum atomic E-state index is -4.25. The van der Waals surface area contributed by atoms with Crippen LogP contribution in [0.4, 0.5) is 20.2 Å². The standard InChI is InChI=1S/C17H13ClN6O3S.C16H13F2N5O3S/c18-14-4-2-1-3-12(14)5-16(25)23-13-6-15(28(20,26)27)17(21-9-13)24-10-11(7-19)8-22-24;17-11-7-21-23(9-11)16-14(27(19,25)26)6-12(8-20-16)22-15(24)5-10-3-1-2-4-13(10)18/h1-4,6,8-10H,5H2,(H,23,25)(H2,20,26,27);1-4,6-9H,5H2,(H,22,24)(H2,19,25,26). The van der Waals surface area contributed by atoms with Crippen molar-refractivity contribution in [1.82, 2.24) is 29.5 Å². The van der Waals surface area contributed by atoms with Crippen molar-refractivity contribution < 1.29 is 35.2 Å². The fourth-order valence-electron chi connectivity index (χ4n) is 4.73. The summed E-state index contributed by atoms with van der Waals surface area (Å²) in [6.07, 6.45) is 6.53. The quantitative estimate of drug-likeness (QED) is 0.156. The van der Waals surface area contributed by atoms with Crippen LogP contribution in [0.5, 0.6) is 0 Å². The molecule has 6 N–H and O–H groups in total. The predicted octanol–water partition coefficient (Wildman–Crippen LogP) is 3.00. The highest BCUT2D eigenvalue weighted by Gasteiger charge is 2.21. The average molecular weight is 810 g/mol. The molecule has 0 aliphatic carbocycles. The first-order valence-electron chi connectivity index (χ1n) is 15.3. The van der Waals surface area contributed by atoms with Crippen LogP contribution in [0, 0.1) is 23.0 Å².